The normalized spacial score (nSPS) is 19.9. The van der Waals surface area contributed by atoms with Crippen LogP contribution in [0.4, 0.5) is 18.0 Å². The molecule has 1 unspecified atom stereocenters. The number of hydrogen-bond acceptors (Lipinski definition) is 4. The summed E-state index contributed by atoms with van der Waals surface area (Å²) in [4.78, 5) is 48.6. The van der Waals surface area contributed by atoms with Gasteiger partial charge in [0.25, 0.3) is 11.8 Å². The third-order valence-electron chi connectivity index (χ3n) is 4.72. The number of benzene rings is 1. The molecule has 1 aromatic carbocycles. The van der Waals surface area contributed by atoms with Crippen LogP contribution in [0.15, 0.2) is 24.3 Å². The SMILES string of the molecule is O=C(O)NCC(C(=O)N[C@@H]1C(=O)N2CCCN2C(=O)c2ccccc21)C(F)(F)F. The molecule has 12 heteroatoms. The fourth-order valence-electron chi connectivity index (χ4n) is 3.35. The molecular formula is C17H17F3N4O5. The van der Waals surface area contributed by atoms with E-state index in [4.69, 9.17) is 5.11 Å². The molecule has 9 nitrogen and oxygen atoms in total. The van der Waals surface area contributed by atoms with Gasteiger partial charge in [-0.05, 0) is 18.1 Å². The fraction of sp³-hybridized carbons (Fsp3) is 0.412. The summed E-state index contributed by atoms with van der Waals surface area (Å²) in [6.45, 7) is -0.747. The van der Waals surface area contributed by atoms with E-state index in [0.717, 1.165) is 5.01 Å². The zero-order chi connectivity index (χ0) is 21.3. The fourth-order valence-corrected chi connectivity index (χ4v) is 3.35. The van der Waals surface area contributed by atoms with Crippen LogP contribution in [0.5, 0.6) is 0 Å². The first-order valence-electron chi connectivity index (χ1n) is 8.67. The first kappa shape index (κ1) is 20.4. The summed E-state index contributed by atoms with van der Waals surface area (Å²) in [6, 6.07) is 4.34. The van der Waals surface area contributed by atoms with Gasteiger partial charge in [-0.1, -0.05) is 18.2 Å². The summed E-state index contributed by atoms with van der Waals surface area (Å²) in [5.41, 5.74) is 0.181. The summed E-state index contributed by atoms with van der Waals surface area (Å²) in [7, 11) is 0. The molecule has 2 aliphatic rings. The molecule has 1 fully saturated rings. The molecule has 0 spiro atoms. The van der Waals surface area contributed by atoms with Crippen LogP contribution in [0.25, 0.3) is 0 Å². The van der Waals surface area contributed by atoms with Crippen LogP contribution in [0, 0.1) is 5.92 Å². The highest BCUT2D eigenvalue weighted by molar-refractivity contribution is 6.02. The second-order valence-corrected chi connectivity index (χ2v) is 6.55. The van der Waals surface area contributed by atoms with Gasteiger partial charge in [0, 0.05) is 25.2 Å². The van der Waals surface area contributed by atoms with Crippen LogP contribution >= 0.6 is 0 Å². The van der Waals surface area contributed by atoms with Gasteiger partial charge in [0.05, 0.1) is 0 Å². The monoisotopic (exact) mass is 414 g/mol. The van der Waals surface area contributed by atoms with Crippen molar-refractivity contribution >= 4 is 23.8 Å². The summed E-state index contributed by atoms with van der Waals surface area (Å²) >= 11 is 0. The van der Waals surface area contributed by atoms with Gasteiger partial charge in [-0.2, -0.15) is 13.2 Å². The highest BCUT2D eigenvalue weighted by Crippen LogP contribution is 2.31. The Balaban J connectivity index is 1.94. The molecule has 0 bridgehead atoms. The molecular weight excluding hydrogens is 397 g/mol. The topological polar surface area (TPSA) is 119 Å². The van der Waals surface area contributed by atoms with E-state index in [0.29, 0.717) is 6.42 Å². The molecule has 156 valence electrons. The van der Waals surface area contributed by atoms with Crippen LogP contribution in [0.1, 0.15) is 28.4 Å². The number of alkyl halides is 3. The van der Waals surface area contributed by atoms with Gasteiger partial charge in [0.1, 0.15) is 6.04 Å². The van der Waals surface area contributed by atoms with Crippen LogP contribution in [-0.2, 0) is 9.59 Å². The predicted octanol–water partition coefficient (Wildman–Crippen LogP) is 0.893. The minimum Gasteiger partial charge on any atom is -0.465 e. The number of hydrazine groups is 1. The van der Waals surface area contributed by atoms with E-state index < -0.39 is 48.5 Å². The highest BCUT2D eigenvalue weighted by Gasteiger charge is 2.48. The Morgan fingerprint density at radius 2 is 1.83 bits per heavy atom. The number of nitrogens with one attached hydrogen (secondary N) is 2. The van der Waals surface area contributed by atoms with Crippen molar-refractivity contribution in [3.05, 3.63) is 35.4 Å². The lowest BCUT2D eigenvalue weighted by Gasteiger charge is -2.28. The summed E-state index contributed by atoms with van der Waals surface area (Å²) in [5.74, 6) is -5.49. The third-order valence-corrected chi connectivity index (χ3v) is 4.72. The number of rotatable bonds is 4. The first-order chi connectivity index (χ1) is 13.6. The van der Waals surface area contributed by atoms with Crippen molar-refractivity contribution in [2.75, 3.05) is 19.6 Å². The average Bonchev–Trinajstić information content (AvgIpc) is 3.11. The van der Waals surface area contributed by atoms with Gasteiger partial charge < -0.3 is 15.7 Å². The Bertz CT molecular complexity index is 860. The zero-order valence-corrected chi connectivity index (χ0v) is 14.9. The summed E-state index contributed by atoms with van der Waals surface area (Å²) in [5, 5.41) is 14.5. The predicted molar refractivity (Wildman–Crippen MR) is 90.3 cm³/mol. The molecule has 2 heterocycles. The van der Waals surface area contributed by atoms with E-state index in [1.165, 1.54) is 28.5 Å². The molecule has 1 aromatic rings. The van der Waals surface area contributed by atoms with Gasteiger partial charge in [0.2, 0.25) is 5.91 Å². The number of carboxylic acid groups (broad SMARTS) is 1. The Morgan fingerprint density at radius 1 is 1.17 bits per heavy atom. The van der Waals surface area contributed by atoms with Crippen molar-refractivity contribution in [3.63, 3.8) is 0 Å². The van der Waals surface area contributed by atoms with Gasteiger partial charge in [0.15, 0.2) is 5.92 Å². The van der Waals surface area contributed by atoms with Gasteiger partial charge in [-0.3, -0.25) is 14.4 Å². The molecule has 1 saturated heterocycles. The maximum atomic E-state index is 13.3. The molecule has 29 heavy (non-hydrogen) atoms. The smallest absolute Gasteiger partial charge is 0.404 e. The van der Waals surface area contributed by atoms with Crippen molar-refractivity contribution in [2.45, 2.75) is 18.6 Å². The van der Waals surface area contributed by atoms with Crippen molar-refractivity contribution in [3.8, 4) is 0 Å². The number of amides is 4. The molecule has 3 rings (SSSR count). The molecule has 3 N–H and O–H groups in total. The van der Waals surface area contributed by atoms with Gasteiger partial charge in [-0.15, -0.1) is 0 Å². The number of carbonyl (C=O) groups is 4. The van der Waals surface area contributed by atoms with Crippen molar-refractivity contribution in [1.29, 1.82) is 0 Å². The quantitative estimate of drug-likeness (QED) is 0.676. The molecule has 0 aromatic heterocycles. The maximum absolute atomic E-state index is 13.3. The minimum absolute atomic E-state index is 0.0809. The van der Waals surface area contributed by atoms with E-state index in [1.807, 2.05) is 0 Å². The van der Waals surface area contributed by atoms with Crippen molar-refractivity contribution < 1.29 is 37.5 Å². The summed E-state index contributed by atoms with van der Waals surface area (Å²) < 4.78 is 39.8. The van der Waals surface area contributed by atoms with E-state index in [2.05, 4.69) is 5.32 Å². The van der Waals surface area contributed by atoms with Crippen LogP contribution in [-0.4, -0.2) is 64.7 Å². The van der Waals surface area contributed by atoms with Crippen LogP contribution < -0.4 is 10.6 Å². The van der Waals surface area contributed by atoms with E-state index >= 15 is 0 Å². The lowest BCUT2D eigenvalue weighted by Crippen LogP contribution is -2.51. The maximum Gasteiger partial charge on any atom is 0.404 e. The van der Waals surface area contributed by atoms with Crippen LogP contribution in [0.2, 0.25) is 0 Å². The lowest BCUT2D eigenvalue weighted by molar-refractivity contribution is -0.182. The van der Waals surface area contributed by atoms with Crippen LogP contribution in [0.3, 0.4) is 0 Å². The second kappa shape index (κ2) is 7.60. The number of hydrogen-bond donors (Lipinski definition) is 3. The Kier molecular flexibility index (Phi) is 5.36. The van der Waals surface area contributed by atoms with E-state index in [9.17, 15) is 32.3 Å². The molecule has 0 aliphatic carbocycles. The number of fused-ring (bicyclic) bond motifs is 2. The molecule has 0 radical (unpaired) electrons. The Labute approximate surface area is 162 Å². The number of nitrogens with zero attached hydrogens (tertiary/aromatic N) is 2. The molecule has 2 atom stereocenters. The van der Waals surface area contributed by atoms with Gasteiger partial charge >= 0.3 is 12.3 Å². The highest BCUT2D eigenvalue weighted by atomic mass is 19.4. The average molecular weight is 414 g/mol. The minimum atomic E-state index is -5.05. The molecule has 0 saturated carbocycles. The lowest BCUT2D eigenvalue weighted by atomic mass is 9.98. The van der Waals surface area contributed by atoms with E-state index in [-0.39, 0.29) is 24.2 Å². The van der Waals surface area contributed by atoms with Gasteiger partial charge in [-0.25, -0.2) is 14.8 Å². The van der Waals surface area contributed by atoms with Crippen molar-refractivity contribution in [1.82, 2.24) is 20.7 Å². The molecule has 4 amide bonds. The van der Waals surface area contributed by atoms with Crippen molar-refractivity contribution in [2.24, 2.45) is 5.92 Å². The third kappa shape index (κ3) is 3.96. The Morgan fingerprint density at radius 3 is 2.48 bits per heavy atom. The van der Waals surface area contributed by atoms with E-state index in [1.54, 1.807) is 6.07 Å². The zero-order valence-electron chi connectivity index (χ0n) is 14.9. The molecule has 2 aliphatic heterocycles. The number of carbonyl (C=O) groups excluding carboxylic acids is 3. The second-order valence-electron chi connectivity index (χ2n) is 6.55. The first-order valence-corrected chi connectivity index (χ1v) is 8.67. The Hall–Kier alpha value is -3.31. The number of halogens is 3. The summed E-state index contributed by atoms with van der Waals surface area (Å²) in [6.07, 6.45) is -6.27. The standard InChI is InChI=1S/C17H17F3N4O5/c18-17(19,20)11(8-21-16(28)29)13(25)22-12-9-4-1-2-5-10(9)14(26)23-6-3-7-24(23)15(12)27/h1-2,4-5,11-12,21H,3,6-8H2,(H,22,25)(H,28,29)/t11?,12-/m0/s1. The largest absolute Gasteiger partial charge is 0.465 e.